The molecular weight excluding hydrogens is 355 g/mol. The highest BCUT2D eigenvalue weighted by Crippen LogP contribution is 2.29. The van der Waals surface area contributed by atoms with Gasteiger partial charge in [-0.05, 0) is 38.1 Å². The molecule has 1 heterocycles. The first kappa shape index (κ1) is 17.8. The van der Waals surface area contributed by atoms with Gasteiger partial charge in [0, 0.05) is 11.4 Å². The molecule has 1 aromatic heterocycles. The number of nitrogens with one attached hydrogen (secondary N) is 1. The van der Waals surface area contributed by atoms with E-state index in [0.717, 1.165) is 4.88 Å². The van der Waals surface area contributed by atoms with Crippen molar-refractivity contribution in [1.82, 2.24) is 4.90 Å². The Bertz CT molecular complexity index is 710. The molecule has 0 saturated heterocycles. The van der Waals surface area contributed by atoms with Crippen LogP contribution in [0.15, 0.2) is 30.3 Å². The quantitative estimate of drug-likeness (QED) is 0.844. The van der Waals surface area contributed by atoms with E-state index >= 15 is 0 Å². The molecule has 2 amide bonds. The van der Waals surface area contributed by atoms with E-state index in [1.807, 2.05) is 19.9 Å². The number of hydrogen-bond donors (Lipinski definition) is 1. The van der Waals surface area contributed by atoms with Crippen molar-refractivity contribution in [2.24, 2.45) is 0 Å². The number of carbonyl (C=O) groups is 2. The largest absolute Gasteiger partial charge is 0.329 e. The second-order valence-corrected chi connectivity index (χ2v) is 6.98. The summed E-state index contributed by atoms with van der Waals surface area (Å²) in [5.41, 5.74) is 0.358. The van der Waals surface area contributed by atoms with Gasteiger partial charge in [-0.1, -0.05) is 29.3 Å². The molecule has 0 spiro atoms. The zero-order valence-electron chi connectivity index (χ0n) is 12.7. The Morgan fingerprint density at radius 3 is 2.35 bits per heavy atom. The van der Waals surface area contributed by atoms with Gasteiger partial charge < -0.3 is 10.2 Å². The first-order chi connectivity index (χ1) is 10.9. The lowest BCUT2D eigenvalue weighted by Crippen LogP contribution is -2.37. The molecule has 0 aliphatic heterocycles. The van der Waals surface area contributed by atoms with Crippen molar-refractivity contribution in [3.8, 4) is 0 Å². The maximum atomic E-state index is 12.4. The fourth-order valence-electron chi connectivity index (χ4n) is 2.00. The molecule has 0 bridgehead atoms. The normalized spacial score (nSPS) is 10.4. The number of anilines is 1. The molecule has 0 aliphatic rings. The van der Waals surface area contributed by atoms with Crippen molar-refractivity contribution in [2.75, 3.05) is 18.4 Å². The maximum Gasteiger partial charge on any atom is 0.264 e. The second-order valence-electron chi connectivity index (χ2n) is 4.87. The molecular formula is C16H16Cl2N2O2S. The summed E-state index contributed by atoms with van der Waals surface area (Å²) in [5, 5.41) is 3.37. The van der Waals surface area contributed by atoms with Crippen LogP contribution in [0.25, 0.3) is 0 Å². The van der Waals surface area contributed by atoms with Gasteiger partial charge in [0.05, 0.1) is 20.6 Å². The monoisotopic (exact) mass is 370 g/mol. The standard InChI is InChI=1S/C16H16Cl2N2O2S/c1-3-20(16(22)13-8-7-10(2)23-13)9-14(21)19-15-11(17)5-4-6-12(15)18/h4-8H,3,9H2,1-2H3,(H,19,21). The fourth-order valence-corrected chi connectivity index (χ4v) is 3.33. The van der Waals surface area contributed by atoms with Crippen LogP contribution in [0.5, 0.6) is 0 Å². The van der Waals surface area contributed by atoms with Gasteiger partial charge in [0.25, 0.3) is 5.91 Å². The first-order valence-corrected chi connectivity index (χ1v) is 8.59. The van der Waals surface area contributed by atoms with Crippen LogP contribution in [-0.2, 0) is 4.79 Å². The Kier molecular flexibility index (Phi) is 6.04. The predicted octanol–water partition coefficient (Wildman–Crippen LogP) is 4.46. The highest BCUT2D eigenvalue weighted by Gasteiger charge is 2.19. The van der Waals surface area contributed by atoms with Crippen molar-refractivity contribution in [3.05, 3.63) is 50.1 Å². The molecule has 2 aromatic rings. The topological polar surface area (TPSA) is 49.4 Å². The SMILES string of the molecule is CCN(CC(=O)Nc1c(Cl)cccc1Cl)C(=O)c1ccc(C)s1. The lowest BCUT2D eigenvalue weighted by molar-refractivity contribution is -0.116. The third-order valence-electron chi connectivity index (χ3n) is 3.18. The van der Waals surface area contributed by atoms with Crippen LogP contribution in [0, 0.1) is 6.92 Å². The third kappa shape index (κ3) is 4.47. The van der Waals surface area contributed by atoms with Crippen LogP contribution < -0.4 is 5.32 Å². The van der Waals surface area contributed by atoms with Gasteiger partial charge in [0.1, 0.15) is 6.54 Å². The van der Waals surface area contributed by atoms with Crippen molar-refractivity contribution in [3.63, 3.8) is 0 Å². The Morgan fingerprint density at radius 1 is 1.17 bits per heavy atom. The van der Waals surface area contributed by atoms with Crippen LogP contribution in [-0.4, -0.2) is 29.8 Å². The van der Waals surface area contributed by atoms with Crippen molar-refractivity contribution in [1.29, 1.82) is 0 Å². The lowest BCUT2D eigenvalue weighted by atomic mass is 10.3. The number of carbonyl (C=O) groups excluding carboxylic acids is 2. The van der Waals surface area contributed by atoms with Gasteiger partial charge in [-0.25, -0.2) is 0 Å². The predicted molar refractivity (Wildman–Crippen MR) is 95.7 cm³/mol. The van der Waals surface area contributed by atoms with Crippen molar-refractivity contribution in [2.45, 2.75) is 13.8 Å². The van der Waals surface area contributed by atoms with Gasteiger partial charge in [-0.15, -0.1) is 11.3 Å². The molecule has 2 rings (SSSR count). The molecule has 7 heteroatoms. The molecule has 4 nitrogen and oxygen atoms in total. The van der Waals surface area contributed by atoms with E-state index in [-0.39, 0.29) is 18.4 Å². The minimum atomic E-state index is -0.344. The smallest absolute Gasteiger partial charge is 0.264 e. The van der Waals surface area contributed by atoms with Crippen LogP contribution >= 0.6 is 34.5 Å². The van der Waals surface area contributed by atoms with E-state index in [1.165, 1.54) is 16.2 Å². The molecule has 0 saturated carbocycles. The van der Waals surface area contributed by atoms with Gasteiger partial charge in [-0.3, -0.25) is 9.59 Å². The summed E-state index contributed by atoms with van der Waals surface area (Å²) in [6.45, 7) is 4.13. The molecule has 122 valence electrons. The summed E-state index contributed by atoms with van der Waals surface area (Å²) in [5.74, 6) is -0.505. The van der Waals surface area contributed by atoms with Crippen LogP contribution in [0.4, 0.5) is 5.69 Å². The molecule has 0 unspecified atom stereocenters. The lowest BCUT2D eigenvalue weighted by Gasteiger charge is -2.20. The highest BCUT2D eigenvalue weighted by molar-refractivity contribution is 7.13. The van der Waals surface area contributed by atoms with E-state index in [9.17, 15) is 9.59 Å². The average Bonchev–Trinajstić information content (AvgIpc) is 2.94. The maximum absolute atomic E-state index is 12.4. The molecule has 0 fully saturated rings. The Balaban J connectivity index is 2.07. The molecule has 0 aliphatic carbocycles. The van der Waals surface area contributed by atoms with E-state index in [2.05, 4.69) is 5.32 Å². The van der Waals surface area contributed by atoms with E-state index in [1.54, 1.807) is 24.3 Å². The summed E-state index contributed by atoms with van der Waals surface area (Å²) in [7, 11) is 0. The van der Waals surface area contributed by atoms with Crippen LogP contribution in [0.3, 0.4) is 0 Å². The third-order valence-corrected chi connectivity index (χ3v) is 4.80. The molecule has 1 N–H and O–H groups in total. The number of aryl methyl sites for hydroxylation is 1. The van der Waals surface area contributed by atoms with E-state index in [4.69, 9.17) is 23.2 Å². The van der Waals surface area contributed by atoms with Crippen molar-refractivity contribution < 1.29 is 9.59 Å². The number of amides is 2. The number of thiophene rings is 1. The summed E-state index contributed by atoms with van der Waals surface area (Å²) < 4.78 is 0. The number of hydrogen-bond acceptors (Lipinski definition) is 3. The molecule has 1 aromatic carbocycles. The minimum Gasteiger partial charge on any atom is -0.329 e. The number of nitrogens with zero attached hydrogens (tertiary/aromatic N) is 1. The summed E-state index contributed by atoms with van der Waals surface area (Å²) in [6, 6.07) is 8.63. The van der Waals surface area contributed by atoms with Crippen molar-refractivity contribution >= 4 is 52.0 Å². The number of likely N-dealkylation sites (N-methyl/N-ethyl adjacent to an activating group) is 1. The summed E-state index contributed by atoms with van der Waals surface area (Å²) in [4.78, 5) is 27.8. The van der Waals surface area contributed by atoms with Gasteiger partial charge >= 0.3 is 0 Å². The van der Waals surface area contributed by atoms with Gasteiger partial charge in [0.2, 0.25) is 5.91 Å². The van der Waals surface area contributed by atoms with Crippen LogP contribution in [0.1, 0.15) is 21.5 Å². The number of benzene rings is 1. The van der Waals surface area contributed by atoms with E-state index in [0.29, 0.717) is 27.2 Å². The minimum absolute atomic E-state index is 0.0617. The second kappa shape index (κ2) is 7.81. The Hall–Kier alpha value is -1.56. The summed E-state index contributed by atoms with van der Waals surface area (Å²) in [6.07, 6.45) is 0. The van der Waals surface area contributed by atoms with Gasteiger partial charge in [0.15, 0.2) is 0 Å². The molecule has 0 radical (unpaired) electrons. The number of para-hydroxylation sites is 1. The molecule has 23 heavy (non-hydrogen) atoms. The van der Waals surface area contributed by atoms with Crippen LogP contribution in [0.2, 0.25) is 10.0 Å². The number of halogens is 2. The number of rotatable bonds is 5. The summed E-state index contributed by atoms with van der Waals surface area (Å²) >= 11 is 13.5. The fraction of sp³-hybridized carbons (Fsp3) is 0.250. The van der Waals surface area contributed by atoms with E-state index < -0.39 is 0 Å². The Morgan fingerprint density at radius 2 is 1.83 bits per heavy atom. The zero-order chi connectivity index (χ0) is 17.0. The highest BCUT2D eigenvalue weighted by atomic mass is 35.5. The van der Waals surface area contributed by atoms with Gasteiger partial charge in [-0.2, -0.15) is 0 Å². The average molecular weight is 371 g/mol. The zero-order valence-corrected chi connectivity index (χ0v) is 15.1. The first-order valence-electron chi connectivity index (χ1n) is 7.02. The molecule has 0 atom stereocenters. The Labute approximate surface area is 149 Å².